The van der Waals surface area contributed by atoms with Crippen molar-refractivity contribution in [1.82, 2.24) is 0 Å². The zero-order valence-electron chi connectivity index (χ0n) is 34.6. The lowest BCUT2D eigenvalue weighted by molar-refractivity contribution is 0.633. The van der Waals surface area contributed by atoms with E-state index in [-0.39, 0.29) is 0 Å². The van der Waals surface area contributed by atoms with Crippen molar-refractivity contribution in [1.29, 1.82) is 0 Å². The van der Waals surface area contributed by atoms with Crippen molar-refractivity contribution >= 4 is 17.1 Å². The Kier molecular flexibility index (Phi) is 7.80. The Balaban J connectivity index is 1.04. The Morgan fingerprint density at radius 3 is 1.08 bits per heavy atom. The van der Waals surface area contributed by atoms with Crippen LogP contribution < -0.4 is 4.90 Å². The van der Waals surface area contributed by atoms with Crippen molar-refractivity contribution in [2.75, 3.05) is 4.90 Å². The molecule has 0 amide bonds. The lowest BCUT2D eigenvalue weighted by atomic mass is 9.52. The molecule has 13 rings (SSSR count). The van der Waals surface area contributed by atoms with Crippen LogP contribution >= 0.6 is 0 Å². The molecular weight excluding hydrogens is 759 g/mol. The Hall–Kier alpha value is -8.00. The average Bonchev–Trinajstić information content (AvgIpc) is 3.82. The van der Waals surface area contributed by atoms with Gasteiger partial charge in [-0.1, -0.05) is 212 Å². The molecule has 3 aliphatic carbocycles. The van der Waals surface area contributed by atoms with Gasteiger partial charge >= 0.3 is 0 Å². The highest BCUT2D eigenvalue weighted by molar-refractivity contribution is 5.95. The van der Waals surface area contributed by atoms with Gasteiger partial charge in [-0.3, -0.25) is 0 Å². The van der Waals surface area contributed by atoms with Crippen molar-refractivity contribution in [2.45, 2.75) is 10.8 Å². The van der Waals surface area contributed by atoms with E-state index in [9.17, 15) is 0 Å². The molecule has 0 aliphatic heterocycles. The molecule has 1 heteroatoms. The summed E-state index contributed by atoms with van der Waals surface area (Å²) in [5.41, 5.74) is 23.0. The minimum Gasteiger partial charge on any atom is -0.310 e. The van der Waals surface area contributed by atoms with Crippen LogP contribution in [0.15, 0.2) is 249 Å². The average molecular weight is 800 g/mol. The van der Waals surface area contributed by atoms with Crippen LogP contribution in [0.3, 0.4) is 0 Å². The van der Waals surface area contributed by atoms with Gasteiger partial charge in [0.2, 0.25) is 0 Å². The molecule has 1 nitrogen and oxygen atoms in total. The first kappa shape index (κ1) is 35.7. The van der Waals surface area contributed by atoms with E-state index >= 15 is 0 Å². The zero-order valence-corrected chi connectivity index (χ0v) is 34.6. The summed E-state index contributed by atoms with van der Waals surface area (Å²) in [6, 6.07) is 92.7. The highest BCUT2D eigenvalue weighted by Crippen LogP contribution is 2.67. The molecule has 10 aromatic carbocycles. The normalized spacial score (nSPS) is 14.0. The van der Waals surface area contributed by atoms with Crippen LogP contribution in [-0.4, -0.2) is 0 Å². The van der Waals surface area contributed by atoms with Gasteiger partial charge in [-0.2, -0.15) is 0 Å². The molecule has 63 heavy (non-hydrogen) atoms. The largest absolute Gasteiger partial charge is 0.310 e. The van der Waals surface area contributed by atoms with Gasteiger partial charge in [0.1, 0.15) is 0 Å². The van der Waals surface area contributed by atoms with Crippen LogP contribution in [-0.2, 0) is 10.8 Å². The lowest BCUT2D eigenvalue weighted by Gasteiger charge is -2.49. The van der Waals surface area contributed by atoms with Crippen molar-refractivity contribution in [2.24, 2.45) is 0 Å². The second kappa shape index (κ2) is 13.8. The van der Waals surface area contributed by atoms with Gasteiger partial charge in [-0.15, -0.1) is 0 Å². The molecule has 0 saturated carbocycles. The van der Waals surface area contributed by atoms with Crippen molar-refractivity contribution < 1.29 is 0 Å². The number of benzene rings is 10. The van der Waals surface area contributed by atoms with Gasteiger partial charge in [0.15, 0.2) is 0 Å². The van der Waals surface area contributed by atoms with Gasteiger partial charge in [0.25, 0.3) is 0 Å². The summed E-state index contributed by atoms with van der Waals surface area (Å²) in [5, 5.41) is 0. The van der Waals surface area contributed by atoms with Gasteiger partial charge in [0, 0.05) is 17.1 Å². The van der Waals surface area contributed by atoms with Crippen LogP contribution in [0, 0.1) is 0 Å². The van der Waals surface area contributed by atoms with E-state index in [1.807, 2.05) is 0 Å². The quantitative estimate of drug-likeness (QED) is 0.168. The maximum atomic E-state index is 2.51. The molecule has 0 radical (unpaired) electrons. The van der Waals surface area contributed by atoms with Gasteiger partial charge in [-0.05, 0) is 125 Å². The zero-order chi connectivity index (χ0) is 41.5. The second-order valence-electron chi connectivity index (χ2n) is 17.1. The summed E-state index contributed by atoms with van der Waals surface area (Å²) < 4.78 is 0. The predicted octanol–water partition coefficient (Wildman–Crippen LogP) is 15.5. The third-order valence-electron chi connectivity index (χ3n) is 14.2. The number of hydrogen-bond donors (Lipinski definition) is 0. The van der Waals surface area contributed by atoms with E-state index < -0.39 is 10.8 Å². The Labute approximate surface area is 368 Å². The van der Waals surface area contributed by atoms with E-state index in [4.69, 9.17) is 0 Å². The molecule has 0 atom stereocenters. The van der Waals surface area contributed by atoms with Crippen molar-refractivity contribution in [3.63, 3.8) is 0 Å². The van der Waals surface area contributed by atoms with E-state index in [0.29, 0.717) is 0 Å². The van der Waals surface area contributed by atoms with Gasteiger partial charge in [0.05, 0.1) is 10.8 Å². The molecule has 0 fully saturated rings. The number of anilines is 3. The van der Waals surface area contributed by atoms with Crippen LogP contribution in [0.4, 0.5) is 17.1 Å². The van der Waals surface area contributed by atoms with E-state index in [0.717, 1.165) is 17.1 Å². The van der Waals surface area contributed by atoms with Gasteiger partial charge in [-0.25, -0.2) is 0 Å². The molecule has 0 aromatic heterocycles. The monoisotopic (exact) mass is 799 g/mol. The number of hydrogen-bond acceptors (Lipinski definition) is 1. The van der Waals surface area contributed by atoms with Crippen molar-refractivity contribution in [3.05, 3.63) is 293 Å². The topological polar surface area (TPSA) is 3.24 Å². The number of para-hydroxylation sites is 1. The first-order valence-corrected chi connectivity index (χ1v) is 22.0. The molecule has 10 aromatic rings. The summed E-state index contributed by atoms with van der Waals surface area (Å²) >= 11 is 0. The van der Waals surface area contributed by atoms with Crippen LogP contribution in [0.25, 0.3) is 44.5 Å². The fourth-order valence-electron chi connectivity index (χ4n) is 11.7. The number of nitrogens with zero attached hydrogens (tertiary/aromatic N) is 1. The first-order valence-electron chi connectivity index (χ1n) is 22.0. The van der Waals surface area contributed by atoms with Crippen LogP contribution in [0.5, 0.6) is 0 Å². The van der Waals surface area contributed by atoms with Crippen molar-refractivity contribution in [3.8, 4) is 44.5 Å². The lowest BCUT2D eigenvalue weighted by Crippen LogP contribution is -2.43. The molecule has 0 N–H and O–H groups in total. The Morgan fingerprint density at radius 2 is 0.556 bits per heavy atom. The molecule has 294 valence electrons. The highest BCUT2D eigenvalue weighted by atomic mass is 15.1. The minimum atomic E-state index is -0.572. The molecule has 3 aliphatic rings. The Bertz CT molecular complexity index is 3300. The minimum absolute atomic E-state index is 0.475. The molecule has 0 heterocycles. The molecule has 0 saturated heterocycles. The number of fused-ring (bicyclic) bond motifs is 16. The smallest absolute Gasteiger partial charge is 0.0720 e. The molecule has 0 unspecified atom stereocenters. The standard InChI is InChI=1S/C62H41N/c1-3-18-42(19-4-1)43-34-36-44(37-35-43)45-20-17-23-47(40-45)63(46-21-5-2-6-22-46)48-38-39-52-51-26-9-12-29-55(51)62(60(52)41-48)58-32-15-13-30-56(58)61(57-31-14-16-33-59(57)62)53-27-10-7-24-49(53)50-25-8-11-28-54(50)61/h1-41H. The maximum absolute atomic E-state index is 2.51. The predicted molar refractivity (Wildman–Crippen MR) is 260 cm³/mol. The number of rotatable bonds is 5. The first-order chi connectivity index (χ1) is 31.3. The fraction of sp³-hybridized carbons (Fsp3) is 0.0323. The summed E-state index contributed by atoms with van der Waals surface area (Å²) in [4.78, 5) is 2.43. The summed E-state index contributed by atoms with van der Waals surface area (Å²) in [6.07, 6.45) is 0. The van der Waals surface area contributed by atoms with E-state index in [1.54, 1.807) is 0 Å². The molecule has 0 bridgehead atoms. The van der Waals surface area contributed by atoms with Crippen LogP contribution in [0.2, 0.25) is 0 Å². The summed E-state index contributed by atoms with van der Waals surface area (Å²) in [5.74, 6) is 0. The third kappa shape index (κ3) is 4.94. The van der Waals surface area contributed by atoms with E-state index in [1.165, 1.54) is 89.0 Å². The Morgan fingerprint density at radius 1 is 0.206 bits per heavy atom. The highest BCUT2D eigenvalue weighted by Gasteiger charge is 2.58. The fourth-order valence-corrected chi connectivity index (χ4v) is 11.7. The van der Waals surface area contributed by atoms with Crippen LogP contribution in [0.1, 0.15) is 44.5 Å². The maximum Gasteiger partial charge on any atom is 0.0720 e. The third-order valence-corrected chi connectivity index (χ3v) is 14.2. The molecule has 2 spiro atoms. The SMILES string of the molecule is c1ccc(-c2ccc(-c3cccc(N(c4ccccc4)c4ccc5c(c4)C4(c6ccccc6-5)c5ccccc5C5(c6ccccc6-c6ccccc65)c5ccccc54)c3)cc2)cc1. The second-order valence-corrected chi connectivity index (χ2v) is 17.1. The molecular formula is C62H41N. The van der Waals surface area contributed by atoms with E-state index in [2.05, 4.69) is 254 Å². The summed E-state index contributed by atoms with van der Waals surface area (Å²) in [7, 11) is 0. The van der Waals surface area contributed by atoms with Gasteiger partial charge < -0.3 is 4.90 Å². The summed E-state index contributed by atoms with van der Waals surface area (Å²) in [6.45, 7) is 0.